The molecule has 6 heteroatoms. The van der Waals surface area contributed by atoms with Gasteiger partial charge in [-0.05, 0) is 37.1 Å². The van der Waals surface area contributed by atoms with Crippen molar-refractivity contribution in [2.24, 2.45) is 0 Å². The van der Waals surface area contributed by atoms with Crippen LogP contribution in [0.4, 0.5) is 0 Å². The van der Waals surface area contributed by atoms with Crippen LogP contribution >= 0.6 is 11.6 Å². The van der Waals surface area contributed by atoms with Crippen molar-refractivity contribution < 1.29 is 14.3 Å². The quantitative estimate of drug-likeness (QED) is 0.841. The summed E-state index contributed by atoms with van der Waals surface area (Å²) in [6.07, 6.45) is 2.44. The standard InChI is InChI=1S/C15H19ClN2O3/c16-12-5-3-11(4-6-12)15(20)17-8-7-14(19)18-10-13-2-1-9-21-13/h3-6,13H,1-2,7-10H2,(H,17,20)(H,18,19)/t13-/m1/s1. The molecule has 2 amide bonds. The maximum Gasteiger partial charge on any atom is 0.251 e. The average Bonchev–Trinajstić information content (AvgIpc) is 2.99. The first-order valence-electron chi connectivity index (χ1n) is 7.07. The van der Waals surface area contributed by atoms with Gasteiger partial charge in [0.2, 0.25) is 5.91 Å². The van der Waals surface area contributed by atoms with Crippen LogP contribution in [0.25, 0.3) is 0 Å². The van der Waals surface area contributed by atoms with Crippen molar-refractivity contribution >= 4 is 23.4 Å². The summed E-state index contributed by atoms with van der Waals surface area (Å²) in [6, 6.07) is 6.61. The first-order valence-corrected chi connectivity index (χ1v) is 7.45. The van der Waals surface area contributed by atoms with E-state index in [0.717, 1.165) is 19.4 Å². The van der Waals surface area contributed by atoms with Crippen LogP contribution < -0.4 is 10.6 Å². The van der Waals surface area contributed by atoms with Gasteiger partial charge in [-0.15, -0.1) is 0 Å². The van der Waals surface area contributed by atoms with Crippen LogP contribution in [0.1, 0.15) is 29.6 Å². The van der Waals surface area contributed by atoms with Gasteiger partial charge in [-0.2, -0.15) is 0 Å². The number of carbonyl (C=O) groups excluding carboxylic acids is 2. The maximum atomic E-state index is 11.8. The monoisotopic (exact) mass is 310 g/mol. The van der Waals surface area contributed by atoms with Gasteiger partial charge in [0.15, 0.2) is 0 Å². The molecule has 0 bridgehead atoms. The van der Waals surface area contributed by atoms with E-state index < -0.39 is 0 Å². The molecule has 21 heavy (non-hydrogen) atoms. The Morgan fingerprint density at radius 2 is 2.00 bits per heavy atom. The predicted octanol–water partition coefficient (Wildman–Crippen LogP) is 1.76. The third-order valence-corrected chi connectivity index (χ3v) is 3.55. The number of amides is 2. The fourth-order valence-electron chi connectivity index (χ4n) is 2.11. The molecule has 1 aromatic carbocycles. The van der Waals surface area contributed by atoms with Crippen molar-refractivity contribution in [3.63, 3.8) is 0 Å². The fourth-order valence-corrected chi connectivity index (χ4v) is 2.24. The lowest BCUT2D eigenvalue weighted by molar-refractivity contribution is -0.121. The highest BCUT2D eigenvalue weighted by atomic mass is 35.5. The van der Waals surface area contributed by atoms with E-state index in [2.05, 4.69) is 10.6 Å². The Morgan fingerprint density at radius 3 is 2.67 bits per heavy atom. The molecule has 2 N–H and O–H groups in total. The first-order chi connectivity index (χ1) is 10.1. The summed E-state index contributed by atoms with van der Waals surface area (Å²) in [5.41, 5.74) is 0.527. The zero-order valence-corrected chi connectivity index (χ0v) is 12.5. The minimum atomic E-state index is -0.210. The summed E-state index contributed by atoms with van der Waals surface area (Å²) in [6.45, 7) is 1.63. The Kier molecular flexibility index (Phi) is 6.02. The van der Waals surface area contributed by atoms with Crippen molar-refractivity contribution in [3.8, 4) is 0 Å². The molecule has 0 saturated carbocycles. The second kappa shape index (κ2) is 8.00. The summed E-state index contributed by atoms with van der Waals surface area (Å²) in [7, 11) is 0. The van der Waals surface area contributed by atoms with Gasteiger partial charge in [0.05, 0.1) is 6.10 Å². The lowest BCUT2D eigenvalue weighted by Gasteiger charge is -2.11. The molecule has 1 aromatic rings. The largest absolute Gasteiger partial charge is 0.376 e. The molecule has 0 aromatic heterocycles. The molecule has 5 nitrogen and oxygen atoms in total. The summed E-state index contributed by atoms with van der Waals surface area (Å²) >= 11 is 5.76. The van der Waals surface area contributed by atoms with E-state index in [1.807, 2.05) is 0 Å². The van der Waals surface area contributed by atoms with Gasteiger partial charge < -0.3 is 15.4 Å². The highest BCUT2D eigenvalue weighted by Crippen LogP contribution is 2.10. The maximum absolute atomic E-state index is 11.8. The van der Waals surface area contributed by atoms with E-state index in [-0.39, 0.29) is 24.3 Å². The Labute approximate surface area is 129 Å². The summed E-state index contributed by atoms with van der Waals surface area (Å²) < 4.78 is 5.42. The topological polar surface area (TPSA) is 67.4 Å². The number of rotatable bonds is 6. The molecule has 0 aliphatic carbocycles. The van der Waals surface area contributed by atoms with Crippen LogP contribution in [0.5, 0.6) is 0 Å². The van der Waals surface area contributed by atoms with E-state index in [1.165, 1.54) is 0 Å². The smallest absolute Gasteiger partial charge is 0.251 e. The van der Waals surface area contributed by atoms with Crippen molar-refractivity contribution in [2.45, 2.75) is 25.4 Å². The molecule has 1 fully saturated rings. The molecule has 1 atom stereocenters. The van der Waals surface area contributed by atoms with Crippen molar-refractivity contribution in [1.29, 1.82) is 0 Å². The minimum absolute atomic E-state index is 0.0816. The van der Waals surface area contributed by atoms with Crippen LogP contribution in [0.15, 0.2) is 24.3 Å². The third-order valence-electron chi connectivity index (χ3n) is 3.29. The molecule has 2 rings (SSSR count). The van der Waals surface area contributed by atoms with E-state index in [0.29, 0.717) is 23.7 Å². The number of benzene rings is 1. The van der Waals surface area contributed by atoms with Gasteiger partial charge in [0.25, 0.3) is 5.91 Å². The van der Waals surface area contributed by atoms with Crippen LogP contribution in [0, 0.1) is 0 Å². The number of halogens is 1. The SMILES string of the molecule is O=C(CCNC(=O)c1ccc(Cl)cc1)NC[C@H]1CCCO1. The van der Waals surface area contributed by atoms with Gasteiger partial charge in [0.1, 0.15) is 0 Å². The van der Waals surface area contributed by atoms with Gasteiger partial charge in [-0.3, -0.25) is 9.59 Å². The predicted molar refractivity (Wildman–Crippen MR) is 80.4 cm³/mol. The van der Waals surface area contributed by atoms with Crippen LogP contribution in [-0.4, -0.2) is 37.6 Å². The second-order valence-electron chi connectivity index (χ2n) is 4.95. The molecule has 0 spiro atoms. The average molecular weight is 311 g/mol. The van der Waals surface area contributed by atoms with Gasteiger partial charge >= 0.3 is 0 Å². The van der Waals surface area contributed by atoms with E-state index >= 15 is 0 Å². The number of carbonyl (C=O) groups is 2. The summed E-state index contributed by atoms with van der Waals surface area (Å²) in [4.78, 5) is 23.4. The minimum Gasteiger partial charge on any atom is -0.376 e. The van der Waals surface area contributed by atoms with E-state index in [9.17, 15) is 9.59 Å². The Balaban J connectivity index is 1.62. The molecular formula is C15H19ClN2O3. The molecule has 1 aliphatic rings. The Morgan fingerprint density at radius 1 is 1.24 bits per heavy atom. The highest BCUT2D eigenvalue weighted by molar-refractivity contribution is 6.30. The zero-order chi connectivity index (χ0) is 15.1. The normalized spacial score (nSPS) is 17.5. The summed E-state index contributed by atoms with van der Waals surface area (Å²) in [5.74, 6) is -0.291. The highest BCUT2D eigenvalue weighted by Gasteiger charge is 2.16. The zero-order valence-electron chi connectivity index (χ0n) is 11.7. The Hall–Kier alpha value is -1.59. The molecule has 1 saturated heterocycles. The van der Waals surface area contributed by atoms with Crippen molar-refractivity contribution in [3.05, 3.63) is 34.9 Å². The van der Waals surface area contributed by atoms with Gasteiger partial charge in [0, 0.05) is 36.7 Å². The first kappa shape index (κ1) is 15.8. The third kappa shape index (κ3) is 5.36. The second-order valence-corrected chi connectivity index (χ2v) is 5.39. The van der Waals surface area contributed by atoms with Crippen molar-refractivity contribution in [1.82, 2.24) is 10.6 Å². The van der Waals surface area contributed by atoms with Crippen LogP contribution in [0.3, 0.4) is 0 Å². The molecule has 1 heterocycles. The number of ether oxygens (including phenoxy) is 1. The molecule has 1 aliphatic heterocycles. The number of hydrogen-bond donors (Lipinski definition) is 2. The number of nitrogens with one attached hydrogen (secondary N) is 2. The van der Waals surface area contributed by atoms with Crippen LogP contribution in [0.2, 0.25) is 5.02 Å². The lowest BCUT2D eigenvalue weighted by Crippen LogP contribution is -2.34. The lowest BCUT2D eigenvalue weighted by atomic mass is 10.2. The fraction of sp³-hybridized carbons (Fsp3) is 0.467. The summed E-state index contributed by atoms with van der Waals surface area (Å²) in [5, 5.41) is 6.10. The van der Waals surface area contributed by atoms with E-state index in [1.54, 1.807) is 24.3 Å². The Bertz CT molecular complexity index is 484. The molecular weight excluding hydrogens is 292 g/mol. The van der Waals surface area contributed by atoms with Crippen molar-refractivity contribution in [2.75, 3.05) is 19.7 Å². The number of hydrogen-bond acceptors (Lipinski definition) is 3. The van der Waals surface area contributed by atoms with E-state index in [4.69, 9.17) is 16.3 Å². The van der Waals surface area contributed by atoms with Crippen LogP contribution in [-0.2, 0) is 9.53 Å². The van der Waals surface area contributed by atoms with Gasteiger partial charge in [-0.25, -0.2) is 0 Å². The molecule has 0 radical (unpaired) electrons. The van der Waals surface area contributed by atoms with Gasteiger partial charge in [-0.1, -0.05) is 11.6 Å². The molecule has 0 unspecified atom stereocenters. The molecule has 114 valence electrons.